The average molecular weight is 460 g/mol. The highest BCUT2D eigenvalue weighted by Gasteiger charge is 2.24. The Hall–Kier alpha value is -4.97. The highest BCUT2D eigenvalue weighted by atomic mass is 16.6. The third-order valence-corrected chi connectivity index (χ3v) is 4.89. The number of anilines is 1. The summed E-state index contributed by atoms with van der Waals surface area (Å²) in [7, 11) is 0. The molecule has 0 aliphatic rings. The fourth-order valence-corrected chi connectivity index (χ4v) is 3.18. The number of H-pyrrole nitrogens is 1. The van der Waals surface area contributed by atoms with Crippen molar-refractivity contribution in [2.45, 2.75) is 6.10 Å². The van der Waals surface area contributed by atoms with Gasteiger partial charge in [-0.3, -0.25) is 30.4 Å². The number of para-hydroxylation sites is 1. The van der Waals surface area contributed by atoms with Crippen molar-refractivity contribution >= 4 is 33.8 Å². The normalized spacial score (nSPS) is 12.3. The van der Waals surface area contributed by atoms with Gasteiger partial charge in [-0.2, -0.15) is 5.10 Å². The first kappa shape index (κ1) is 22.2. The van der Waals surface area contributed by atoms with E-state index in [0.29, 0.717) is 5.69 Å². The number of non-ortho nitro benzene ring substituents is 2. The Morgan fingerprint density at radius 3 is 2.26 bits per heavy atom. The Bertz CT molecular complexity index is 1470. The minimum atomic E-state index is -1.47. The smallest absolute Gasteiger partial charge is 0.276 e. The molecule has 4 aromatic rings. The number of aromatic nitrogens is 2. The molecule has 12 heteroatoms. The van der Waals surface area contributed by atoms with Gasteiger partial charge < -0.3 is 10.1 Å². The van der Waals surface area contributed by atoms with E-state index in [-0.39, 0.29) is 39.4 Å². The van der Waals surface area contributed by atoms with Crippen molar-refractivity contribution in [1.29, 1.82) is 0 Å². The lowest BCUT2D eigenvalue weighted by Crippen LogP contribution is -2.26. The van der Waals surface area contributed by atoms with E-state index in [1.165, 1.54) is 42.5 Å². The molecule has 3 aromatic carbocycles. The van der Waals surface area contributed by atoms with E-state index in [0.717, 1.165) is 0 Å². The van der Waals surface area contributed by atoms with Gasteiger partial charge in [-0.15, -0.1) is 0 Å². The van der Waals surface area contributed by atoms with Crippen LogP contribution in [0.1, 0.15) is 17.4 Å². The van der Waals surface area contributed by atoms with Crippen LogP contribution in [-0.2, 0) is 0 Å². The summed E-state index contributed by atoms with van der Waals surface area (Å²) in [6.07, 6.45) is -1.47. The molecule has 1 heterocycles. The first-order chi connectivity index (χ1) is 16.3. The first-order valence-electron chi connectivity index (χ1n) is 9.83. The van der Waals surface area contributed by atoms with E-state index in [9.17, 15) is 30.1 Å². The van der Waals surface area contributed by atoms with E-state index in [4.69, 9.17) is 0 Å². The fourth-order valence-electron chi connectivity index (χ4n) is 3.18. The van der Waals surface area contributed by atoms with E-state index in [2.05, 4.69) is 20.5 Å². The Morgan fingerprint density at radius 2 is 1.62 bits per heavy atom. The van der Waals surface area contributed by atoms with Gasteiger partial charge in [0.2, 0.25) is 0 Å². The molecule has 0 aliphatic heterocycles. The second-order valence-corrected chi connectivity index (χ2v) is 7.10. The van der Waals surface area contributed by atoms with Crippen LogP contribution < -0.4 is 11.0 Å². The molecule has 4 rings (SSSR count). The number of fused-ring (bicyclic) bond motifs is 1. The molecule has 34 heavy (non-hydrogen) atoms. The van der Waals surface area contributed by atoms with Crippen molar-refractivity contribution in [3.8, 4) is 0 Å². The molecular weight excluding hydrogens is 444 g/mol. The third kappa shape index (κ3) is 4.61. The second kappa shape index (κ2) is 9.26. The largest absolute Gasteiger partial charge is 0.382 e. The molecule has 170 valence electrons. The number of nitrogens with one attached hydrogen (secondary N) is 2. The van der Waals surface area contributed by atoms with Crippen LogP contribution >= 0.6 is 0 Å². The fraction of sp³-hybridized carbons (Fsp3) is 0.0455. The number of aromatic amines is 1. The molecule has 0 radical (unpaired) electrons. The minimum absolute atomic E-state index is 0.142. The van der Waals surface area contributed by atoms with Crippen LogP contribution in [0.4, 0.5) is 17.1 Å². The van der Waals surface area contributed by atoms with Crippen molar-refractivity contribution in [3.63, 3.8) is 0 Å². The highest BCUT2D eigenvalue weighted by molar-refractivity contribution is 6.03. The number of rotatable bonds is 7. The Kier molecular flexibility index (Phi) is 6.05. The van der Waals surface area contributed by atoms with E-state index < -0.39 is 21.5 Å². The number of nitrogens with zero attached hydrogens (tertiary/aromatic N) is 4. The number of hydrogen-bond donors (Lipinski definition) is 3. The maximum absolute atomic E-state index is 12.8. The zero-order valence-corrected chi connectivity index (χ0v) is 17.3. The highest BCUT2D eigenvalue weighted by Crippen LogP contribution is 2.23. The summed E-state index contributed by atoms with van der Waals surface area (Å²) in [6, 6.07) is 17.7. The van der Waals surface area contributed by atoms with Crippen LogP contribution in [0, 0.1) is 20.2 Å². The molecule has 0 saturated carbocycles. The molecular formula is C22H16N6O6. The zero-order valence-electron chi connectivity index (χ0n) is 17.3. The monoisotopic (exact) mass is 460 g/mol. The first-order valence-corrected chi connectivity index (χ1v) is 9.83. The summed E-state index contributed by atoms with van der Waals surface area (Å²) < 4.78 is 0. The molecule has 1 atom stereocenters. The molecule has 1 unspecified atom stereocenters. The van der Waals surface area contributed by atoms with Gasteiger partial charge in [0.1, 0.15) is 11.8 Å². The van der Waals surface area contributed by atoms with Crippen molar-refractivity contribution in [3.05, 3.63) is 115 Å². The number of aliphatic hydroxyl groups is 1. The maximum Gasteiger partial charge on any atom is 0.276 e. The van der Waals surface area contributed by atoms with Crippen molar-refractivity contribution in [2.24, 2.45) is 5.10 Å². The molecule has 12 nitrogen and oxygen atoms in total. The van der Waals surface area contributed by atoms with Gasteiger partial charge in [-0.1, -0.05) is 18.2 Å². The quantitative estimate of drug-likeness (QED) is 0.214. The van der Waals surface area contributed by atoms with Gasteiger partial charge in [0.05, 0.1) is 26.6 Å². The Balaban J connectivity index is 1.81. The lowest BCUT2D eigenvalue weighted by Gasteiger charge is -2.14. The van der Waals surface area contributed by atoms with Crippen LogP contribution in [0.3, 0.4) is 0 Å². The maximum atomic E-state index is 12.8. The van der Waals surface area contributed by atoms with Gasteiger partial charge in [-0.25, -0.2) is 4.98 Å². The van der Waals surface area contributed by atoms with Crippen LogP contribution in [-0.4, -0.2) is 30.6 Å². The van der Waals surface area contributed by atoms with Gasteiger partial charge in [0.25, 0.3) is 16.9 Å². The molecule has 3 N–H and O–H groups in total. The number of nitro groups is 2. The summed E-state index contributed by atoms with van der Waals surface area (Å²) in [4.78, 5) is 40.5. The van der Waals surface area contributed by atoms with E-state index in [1.54, 1.807) is 30.3 Å². The number of hydrazone groups is 1. The van der Waals surface area contributed by atoms with Crippen molar-refractivity contribution < 1.29 is 15.0 Å². The van der Waals surface area contributed by atoms with E-state index in [1.807, 2.05) is 0 Å². The molecule has 0 bridgehead atoms. The molecule has 0 spiro atoms. The van der Waals surface area contributed by atoms with E-state index >= 15 is 0 Å². The number of benzene rings is 3. The Morgan fingerprint density at radius 1 is 0.971 bits per heavy atom. The number of aliphatic hydroxyl groups excluding tert-OH is 1. The summed E-state index contributed by atoms with van der Waals surface area (Å²) in [5, 5.41) is 37.2. The zero-order chi connectivity index (χ0) is 24.2. The van der Waals surface area contributed by atoms with Crippen LogP contribution in [0.5, 0.6) is 0 Å². The predicted molar refractivity (Wildman–Crippen MR) is 124 cm³/mol. The summed E-state index contributed by atoms with van der Waals surface area (Å²) in [6.45, 7) is 0. The lowest BCUT2D eigenvalue weighted by atomic mass is 10.0. The SMILES string of the molecule is O=c1[nH]c2cc([N+](=O)[O-])ccc2nc1/C(=N/Nc1ccccc1)C(O)c1ccc([N+](=O)[O-])cc1. The topological polar surface area (TPSA) is 177 Å². The summed E-state index contributed by atoms with van der Waals surface area (Å²) in [5.74, 6) is 0. The van der Waals surface area contributed by atoms with Gasteiger partial charge in [0.15, 0.2) is 5.69 Å². The minimum Gasteiger partial charge on any atom is -0.382 e. The molecule has 0 fully saturated rings. The molecule has 0 amide bonds. The molecule has 0 aliphatic carbocycles. The third-order valence-electron chi connectivity index (χ3n) is 4.89. The average Bonchev–Trinajstić information content (AvgIpc) is 2.84. The molecule has 1 aromatic heterocycles. The van der Waals surface area contributed by atoms with Crippen molar-refractivity contribution in [1.82, 2.24) is 9.97 Å². The summed E-state index contributed by atoms with van der Waals surface area (Å²) in [5.41, 5.74) is 2.46. The van der Waals surface area contributed by atoms with Gasteiger partial charge in [0, 0.05) is 24.3 Å². The standard InChI is InChI=1S/C22H16N6O6/c29-21(13-6-8-15(9-7-13)27(31)32)19(26-25-14-4-2-1-3-5-14)20-22(30)24-18-12-16(28(33)34)10-11-17(18)23-20/h1-12,21,25,29H,(H,24,30)/b26-19-. The predicted octanol–water partition coefficient (Wildman–Crippen LogP) is 3.29. The second-order valence-electron chi connectivity index (χ2n) is 7.10. The van der Waals surface area contributed by atoms with Crippen LogP contribution in [0.25, 0.3) is 11.0 Å². The summed E-state index contributed by atoms with van der Waals surface area (Å²) >= 11 is 0. The van der Waals surface area contributed by atoms with Gasteiger partial charge >= 0.3 is 0 Å². The number of nitro benzene ring substituents is 2. The van der Waals surface area contributed by atoms with Crippen LogP contribution in [0.2, 0.25) is 0 Å². The van der Waals surface area contributed by atoms with Crippen LogP contribution in [0.15, 0.2) is 82.7 Å². The number of hydrogen-bond acceptors (Lipinski definition) is 9. The van der Waals surface area contributed by atoms with Crippen molar-refractivity contribution in [2.75, 3.05) is 5.43 Å². The molecule has 0 saturated heterocycles. The lowest BCUT2D eigenvalue weighted by molar-refractivity contribution is -0.385. The Labute approximate surface area is 190 Å². The van der Waals surface area contributed by atoms with Gasteiger partial charge in [-0.05, 0) is 35.9 Å².